The molecule has 1 unspecified atom stereocenters. The van der Waals surface area contributed by atoms with Crippen molar-refractivity contribution >= 4 is 5.97 Å². The topological polar surface area (TPSA) is 76.0 Å². The molecule has 1 aromatic carbocycles. The van der Waals surface area contributed by atoms with Crippen molar-refractivity contribution in [3.05, 3.63) is 35.9 Å². The molecule has 0 radical (unpaired) electrons. The van der Waals surface area contributed by atoms with E-state index in [0.717, 1.165) is 5.56 Å². The van der Waals surface area contributed by atoms with E-state index in [1.54, 1.807) is 6.92 Å². The first kappa shape index (κ1) is 18.6. The normalized spacial score (nSPS) is 16.6. The number of hydrogen-bond acceptors (Lipinski definition) is 5. The predicted molar refractivity (Wildman–Crippen MR) is 83.2 cm³/mol. The van der Waals surface area contributed by atoms with E-state index in [4.69, 9.17) is 9.47 Å². The second kappa shape index (κ2) is 8.88. The molecule has 0 aliphatic heterocycles. The smallest absolute Gasteiger partial charge is 0.340 e. The van der Waals surface area contributed by atoms with Gasteiger partial charge in [-0.15, -0.1) is 0 Å². The van der Waals surface area contributed by atoms with Gasteiger partial charge in [-0.2, -0.15) is 0 Å². The molecule has 0 saturated heterocycles. The summed E-state index contributed by atoms with van der Waals surface area (Å²) in [6.07, 6.45) is -0.493. The van der Waals surface area contributed by atoms with E-state index in [9.17, 15) is 15.0 Å². The Hall–Kier alpha value is -1.43. The Morgan fingerprint density at radius 1 is 1.27 bits per heavy atom. The van der Waals surface area contributed by atoms with Gasteiger partial charge in [-0.1, -0.05) is 30.3 Å². The molecule has 1 rings (SSSR count). The van der Waals surface area contributed by atoms with Crippen molar-refractivity contribution < 1.29 is 24.5 Å². The Balaban J connectivity index is 2.36. The molecule has 0 bridgehead atoms. The highest BCUT2D eigenvalue weighted by molar-refractivity contribution is 5.79. The van der Waals surface area contributed by atoms with Crippen LogP contribution in [0.3, 0.4) is 0 Å². The maximum absolute atomic E-state index is 11.6. The van der Waals surface area contributed by atoms with Gasteiger partial charge in [0.1, 0.15) is 0 Å². The van der Waals surface area contributed by atoms with E-state index >= 15 is 0 Å². The lowest BCUT2D eigenvalue weighted by Crippen LogP contribution is -2.48. The van der Waals surface area contributed by atoms with Crippen LogP contribution in [0.25, 0.3) is 0 Å². The maximum Gasteiger partial charge on any atom is 0.340 e. The second-order valence-electron chi connectivity index (χ2n) is 5.57. The monoisotopic (exact) mass is 310 g/mol. The molecule has 2 N–H and O–H groups in total. The number of rotatable bonds is 9. The second-order valence-corrected chi connectivity index (χ2v) is 5.57. The van der Waals surface area contributed by atoms with Crippen LogP contribution in [0.2, 0.25) is 0 Å². The van der Waals surface area contributed by atoms with Crippen LogP contribution in [-0.4, -0.2) is 40.6 Å². The van der Waals surface area contributed by atoms with Crippen LogP contribution in [-0.2, 0) is 20.9 Å². The summed E-state index contributed by atoms with van der Waals surface area (Å²) in [5, 5.41) is 20.0. The fourth-order valence-corrected chi connectivity index (χ4v) is 1.98. The summed E-state index contributed by atoms with van der Waals surface area (Å²) in [6.45, 7) is 5.48. The summed E-state index contributed by atoms with van der Waals surface area (Å²) >= 11 is 0. The van der Waals surface area contributed by atoms with Gasteiger partial charge in [-0.3, -0.25) is 0 Å². The quantitative estimate of drug-likeness (QED) is 0.683. The van der Waals surface area contributed by atoms with Crippen molar-refractivity contribution in [2.24, 2.45) is 0 Å². The van der Waals surface area contributed by atoms with Crippen LogP contribution in [0, 0.1) is 0 Å². The summed E-state index contributed by atoms with van der Waals surface area (Å²) in [7, 11) is 0. The van der Waals surface area contributed by atoms with Crippen LogP contribution in [0.1, 0.15) is 39.2 Å². The Bertz CT molecular complexity index is 444. The Kier molecular flexibility index (Phi) is 7.51. The molecule has 0 aliphatic carbocycles. The van der Waals surface area contributed by atoms with Crippen molar-refractivity contribution in [1.82, 2.24) is 0 Å². The molecule has 0 saturated carbocycles. The number of hydrogen-bond donors (Lipinski definition) is 2. The first-order valence-electron chi connectivity index (χ1n) is 7.61. The van der Waals surface area contributed by atoms with E-state index < -0.39 is 17.7 Å². The number of aliphatic hydroxyl groups is 2. The van der Waals surface area contributed by atoms with Gasteiger partial charge in [0.05, 0.1) is 25.4 Å². The molecule has 5 nitrogen and oxygen atoms in total. The average molecular weight is 310 g/mol. The fourth-order valence-electron chi connectivity index (χ4n) is 1.98. The first-order valence-corrected chi connectivity index (χ1v) is 7.61. The van der Waals surface area contributed by atoms with Crippen LogP contribution in [0.5, 0.6) is 0 Å². The van der Waals surface area contributed by atoms with E-state index in [2.05, 4.69) is 0 Å². The summed E-state index contributed by atoms with van der Waals surface area (Å²) < 4.78 is 10.4. The Morgan fingerprint density at radius 3 is 2.50 bits per heavy atom. The number of ether oxygens (including phenoxy) is 2. The zero-order valence-corrected chi connectivity index (χ0v) is 13.5. The van der Waals surface area contributed by atoms with Gasteiger partial charge in [0.2, 0.25) is 0 Å². The minimum atomic E-state index is -1.89. The number of esters is 1. The van der Waals surface area contributed by atoms with Gasteiger partial charge >= 0.3 is 5.97 Å². The molecular weight excluding hydrogens is 284 g/mol. The lowest BCUT2D eigenvalue weighted by molar-refractivity contribution is -0.175. The van der Waals surface area contributed by atoms with Crippen molar-refractivity contribution in [1.29, 1.82) is 0 Å². The molecule has 0 fully saturated rings. The molecule has 3 atom stereocenters. The van der Waals surface area contributed by atoms with Crippen LogP contribution in [0.15, 0.2) is 30.3 Å². The summed E-state index contributed by atoms with van der Waals surface area (Å²) in [4.78, 5) is 11.6. The number of benzene rings is 1. The summed E-state index contributed by atoms with van der Waals surface area (Å²) in [6, 6.07) is 9.80. The fraction of sp³-hybridized carbons (Fsp3) is 0.588. The Morgan fingerprint density at radius 2 is 1.91 bits per heavy atom. The third kappa shape index (κ3) is 5.75. The predicted octanol–water partition coefficient (Wildman–Crippen LogP) is 2.05. The van der Waals surface area contributed by atoms with Gasteiger partial charge in [0.15, 0.2) is 5.60 Å². The lowest BCUT2D eigenvalue weighted by atomic mass is 9.94. The zero-order chi connectivity index (χ0) is 16.6. The van der Waals surface area contributed by atoms with E-state index in [0.29, 0.717) is 13.0 Å². The van der Waals surface area contributed by atoms with Crippen LogP contribution in [0.4, 0.5) is 0 Å². The molecule has 1 aromatic rings. The number of aliphatic hydroxyl groups excluding tert-OH is 1. The maximum atomic E-state index is 11.6. The van der Waals surface area contributed by atoms with E-state index in [1.165, 1.54) is 6.92 Å². The minimum Gasteiger partial charge on any atom is -0.464 e. The highest BCUT2D eigenvalue weighted by Crippen LogP contribution is 2.18. The third-order valence-corrected chi connectivity index (χ3v) is 3.56. The van der Waals surface area contributed by atoms with Crippen molar-refractivity contribution in [3.8, 4) is 0 Å². The highest BCUT2D eigenvalue weighted by Gasteiger charge is 2.39. The average Bonchev–Trinajstić information content (AvgIpc) is 2.51. The number of carbonyl (C=O) groups is 1. The van der Waals surface area contributed by atoms with E-state index in [-0.39, 0.29) is 19.1 Å². The van der Waals surface area contributed by atoms with Crippen molar-refractivity contribution in [2.75, 3.05) is 6.61 Å². The van der Waals surface area contributed by atoms with Crippen molar-refractivity contribution in [3.63, 3.8) is 0 Å². The van der Waals surface area contributed by atoms with Crippen LogP contribution >= 0.6 is 0 Å². The summed E-state index contributed by atoms with van der Waals surface area (Å²) in [5.74, 6) is -0.805. The largest absolute Gasteiger partial charge is 0.464 e. The molecule has 0 spiro atoms. The van der Waals surface area contributed by atoms with Crippen LogP contribution < -0.4 is 0 Å². The van der Waals surface area contributed by atoms with Gasteiger partial charge in [0.25, 0.3) is 0 Å². The highest BCUT2D eigenvalue weighted by atomic mass is 16.6. The molecular formula is C17H26O5. The SMILES string of the molecule is CCOC(=O)[C@](C)(O)[C@@H](O)CCC(C)OCc1ccccc1. The molecule has 22 heavy (non-hydrogen) atoms. The van der Waals surface area contributed by atoms with Crippen molar-refractivity contribution in [2.45, 2.75) is 58.0 Å². The van der Waals surface area contributed by atoms with E-state index in [1.807, 2.05) is 37.3 Å². The van der Waals surface area contributed by atoms with Gasteiger partial charge in [-0.05, 0) is 39.2 Å². The van der Waals surface area contributed by atoms with Gasteiger partial charge < -0.3 is 19.7 Å². The summed E-state index contributed by atoms with van der Waals surface area (Å²) in [5.41, 5.74) is -0.816. The van der Waals surface area contributed by atoms with Gasteiger partial charge in [-0.25, -0.2) is 4.79 Å². The standard InChI is InChI=1S/C17H26O5/c1-4-21-16(19)17(3,20)15(18)11-10-13(2)22-12-14-8-6-5-7-9-14/h5-9,13,15,18,20H,4,10-12H2,1-3H3/t13?,15-,17+/m0/s1. The molecule has 0 amide bonds. The molecule has 0 aliphatic rings. The molecule has 124 valence electrons. The minimum absolute atomic E-state index is 0.0900. The zero-order valence-electron chi connectivity index (χ0n) is 13.5. The Labute approximate surface area is 131 Å². The third-order valence-electron chi connectivity index (χ3n) is 3.56. The number of carbonyl (C=O) groups excluding carboxylic acids is 1. The lowest BCUT2D eigenvalue weighted by Gasteiger charge is -2.27. The van der Waals surface area contributed by atoms with Gasteiger partial charge in [0, 0.05) is 0 Å². The molecule has 0 aromatic heterocycles. The first-order chi connectivity index (χ1) is 10.4. The molecule has 5 heteroatoms. The molecule has 0 heterocycles.